The molecular formula is C12H14Cl2N2O5S2. The zero-order chi connectivity index (χ0) is 17.3. The number of amides is 1. The number of halogens is 2. The number of hydrogen-bond donors (Lipinski definition) is 2. The smallest absolute Gasteiger partial charge is 0.258 e. The van der Waals surface area contributed by atoms with Gasteiger partial charge in [0.25, 0.3) is 10.0 Å². The van der Waals surface area contributed by atoms with Crippen molar-refractivity contribution in [2.75, 3.05) is 11.5 Å². The molecular weight excluding hydrogens is 387 g/mol. The van der Waals surface area contributed by atoms with Crippen LogP contribution in [0.15, 0.2) is 23.1 Å². The highest BCUT2D eigenvalue weighted by molar-refractivity contribution is 7.91. The Morgan fingerprint density at radius 1 is 1.30 bits per heavy atom. The average molecular weight is 401 g/mol. The Morgan fingerprint density at radius 3 is 2.61 bits per heavy atom. The van der Waals surface area contributed by atoms with Crippen LogP contribution in [0.1, 0.15) is 12.8 Å². The summed E-state index contributed by atoms with van der Waals surface area (Å²) in [6.45, 7) is 0. The van der Waals surface area contributed by atoms with E-state index in [2.05, 4.69) is 0 Å². The summed E-state index contributed by atoms with van der Waals surface area (Å²) in [5.41, 5.74) is 2.05. The minimum atomic E-state index is -4.08. The number of benzene rings is 1. The van der Waals surface area contributed by atoms with Crippen molar-refractivity contribution in [2.45, 2.75) is 17.7 Å². The van der Waals surface area contributed by atoms with Gasteiger partial charge < -0.3 is 0 Å². The molecule has 23 heavy (non-hydrogen) atoms. The third-order valence-corrected chi connectivity index (χ3v) is 7.39. The first-order valence-corrected chi connectivity index (χ1v) is 10.6. The first-order chi connectivity index (χ1) is 10.6. The summed E-state index contributed by atoms with van der Waals surface area (Å²) in [5, 5.41) is -0.0881. The monoisotopic (exact) mass is 400 g/mol. The quantitative estimate of drug-likeness (QED) is 0.719. The third kappa shape index (κ3) is 4.80. The fourth-order valence-corrected chi connectivity index (χ4v) is 5.70. The van der Waals surface area contributed by atoms with E-state index in [0.717, 1.165) is 0 Å². The summed E-state index contributed by atoms with van der Waals surface area (Å²) in [4.78, 5) is 13.4. The lowest BCUT2D eigenvalue weighted by Gasteiger charge is -2.11. The fourth-order valence-electron chi connectivity index (χ4n) is 2.22. The van der Waals surface area contributed by atoms with E-state index >= 15 is 0 Å². The zero-order valence-corrected chi connectivity index (χ0v) is 14.9. The molecule has 11 heteroatoms. The van der Waals surface area contributed by atoms with Crippen LogP contribution in [0.25, 0.3) is 0 Å². The molecule has 0 saturated carbocycles. The Morgan fingerprint density at radius 2 is 2.00 bits per heavy atom. The van der Waals surface area contributed by atoms with E-state index in [9.17, 15) is 21.6 Å². The van der Waals surface area contributed by atoms with Crippen molar-refractivity contribution < 1.29 is 21.6 Å². The van der Waals surface area contributed by atoms with E-state index in [4.69, 9.17) is 23.2 Å². The standard InChI is InChI=1S/C12H14Cl2N2O5S2/c13-9-2-1-3-10(12(9)14)23(20,21)16-15-11(17)6-8-4-5-22(18,19)7-8/h1-3,8,16H,4-7H2,(H,15,17)/t8-/m0/s1. The van der Waals surface area contributed by atoms with Crippen molar-refractivity contribution in [1.29, 1.82) is 0 Å². The minimum absolute atomic E-state index is 0.0504. The molecule has 1 fully saturated rings. The predicted molar refractivity (Wildman–Crippen MR) is 86.3 cm³/mol. The van der Waals surface area contributed by atoms with Gasteiger partial charge >= 0.3 is 0 Å². The molecule has 0 unspecified atom stereocenters. The van der Waals surface area contributed by atoms with E-state index in [0.29, 0.717) is 6.42 Å². The fraction of sp³-hybridized carbons (Fsp3) is 0.417. The molecule has 1 saturated heterocycles. The molecule has 128 valence electrons. The lowest BCUT2D eigenvalue weighted by atomic mass is 10.1. The molecule has 1 aromatic rings. The third-order valence-electron chi connectivity index (χ3n) is 3.33. The van der Waals surface area contributed by atoms with Crippen LogP contribution in [0.3, 0.4) is 0 Å². The summed E-state index contributed by atoms with van der Waals surface area (Å²) in [6, 6.07) is 4.09. The maximum absolute atomic E-state index is 12.1. The summed E-state index contributed by atoms with van der Waals surface area (Å²) in [6.07, 6.45) is 0.313. The number of nitrogens with one attached hydrogen (secondary N) is 2. The lowest BCUT2D eigenvalue weighted by Crippen LogP contribution is -2.42. The van der Waals surface area contributed by atoms with Gasteiger partial charge in [0.2, 0.25) is 5.91 Å². The molecule has 7 nitrogen and oxygen atoms in total. The first kappa shape index (κ1) is 18.5. The van der Waals surface area contributed by atoms with E-state index in [-0.39, 0.29) is 38.8 Å². The van der Waals surface area contributed by atoms with Crippen LogP contribution in [0.2, 0.25) is 10.0 Å². The SMILES string of the molecule is O=C(C[C@@H]1CCS(=O)(=O)C1)NNS(=O)(=O)c1cccc(Cl)c1Cl. The number of rotatable bonds is 5. The van der Waals surface area contributed by atoms with Gasteiger partial charge in [0, 0.05) is 6.42 Å². The Labute approximate surface area is 144 Å². The second kappa shape index (κ2) is 6.94. The maximum Gasteiger partial charge on any atom is 0.258 e. The van der Waals surface area contributed by atoms with Crippen molar-refractivity contribution in [3.63, 3.8) is 0 Å². The van der Waals surface area contributed by atoms with Crippen LogP contribution >= 0.6 is 23.2 Å². The molecule has 0 bridgehead atoms. The van der Waals surface area contributed by atoms with Crippen LogP contribution in [-0.4, -0.2) is 34.2 Å². The Kier molecular flexibility index (Phi) is 5.57. The molecule has 1 amide bonds. The van der Waals surface area contributed by atoms with E-state index in [1.165, 1.54) is 18.2 Å². The molecule has 0 aromatic heterocycles. The number of carbonyl (C=O) groups excluding carboxylic acids is 1. The summed E-state index contributed by atoms with van der Waals surface area (Å²) >= 11 is 11.6. The van der Waals surface area contributed by atoms with Crippen molar-refractivity contribution in [1.82, 2.24) is 10.3 Å². The normalized spacial score (nSPS) is 20.3. The second-order valence-corrected chi connectivity index (χ2v) is 9.84. The van der Waals surface area contributed by atoms with Crippen LogP contribution in [0.4, 0.5) is 0 Å². The van der Waals surface area contributed by atoms with Gasteiger partial charge in [-0.1, -0.05) is 29.3 Å². The lowest BCUT2D eigenvalue weighted by molar-refractivity contribution is -0.122. The minimum Gasteiger partial charge on any atom is -0.278 e. The van der Waals surface area contributed by atoms with Gasteiger partial charge in [-0.2, -0.15) is 0 Å². The highest BCUT2D eigenvalue weighted by Crippen LogP contribution is 2.28. The number of carbonyl (C=O) groups is 1. The van der Waals surface area contributed by atoms with Gasteiger partial charge in [-0.15, -0.1) is 4.83 Å². The van der Waals surface area contributed by atoms with Crippen molar-refractivity contribution >= 4 is 49.0 Å². The number of hydrogen-bond acceptors (Lipinski definition) is 5. The average Bonchev–Trinajstić information content (AvgIpc) is 2.78. The van der Waals surface area contributed by atoms with Crippen LogP contribution in [0.5, 0.6) is 0 Å². The highest BCUT2D eigenvalue weighted by atomic mass is 35.5. The second-order valence-electron chi connectivity index (χ2n) is 5.18. The van der Waals surface area contributed by atoms with Gasteiger partial charge in [-0.3, -0.25) is 10.2 Å². The maximum atomic E-state index is 12.1. The molecule has 2 N–H and O–H groups in total. The van der Waals surface area contributed by atoms with E-state index in [1.54, 1.807) is 0 Å². The highest BCUT2D eigenvalue weighted by Gasteiger charge is 2.29. The molecule has 1 aliphatic rings. The van der Waals surface area contributed by atoms with Gasteiger partial charge in [-0.05, 0) is 24.5 Å². The van der Waals surface area contributed by atoms with Gasteiger partial charge in [0.1, 0.15) is 4.90 Å². The molecule has 1 aromatic carbocycles. The summed E-state index contributed by atoms with van der Waals surface area (Å²) < 4.78 is 46.8. The molecule has 1 heterocycles. The van der Waals surface area contributed by atoms with Gasteiger partial charge in [0.05, 0.1) is 21.6 Å². The molecule has 0 radical (unpaired) electrons. The Hall–Kier alpha value is -0.870. The molecule has 0 aliphatic carbocycles. The first-order valence-electron chi connectivity index (χ1n) is 6.56. The van der Waals surface area contributed by atoms with Crippen molar-refractivity contribution in [3.8, 4) is 0 Å². The number of hydrazine groups is 1. The van der Waals surface area contributed by atoms with Crippen LogP contribution in [-0.2, 0) is 24.7 Å². The molecule has 1 aliphatic heterocycles. The van der Waals surface area contributed by atoms with Crippen molar-refractivity contribution in [2.24, 2.45) is 5.92 Å². The van der Waals surface area contributed by atoms with E-state index in [1.807, 2.05) is 10.3 Å². The van der Waals surface area contributed by atoms with E-state index < -0.39 is 25.8 Å². The Balaban J connectivity index is 1.97. The molecule has 1 atom stereocenters. The largest absolute Gasteiger partial charge is 0.278 e. The summed E-state index contributed by atoms with van der Waals surface area (Å²) in [7, 11) is -7.17. The summed E-state index contributed by atoms with van der Waals surface area (Å²) in [5.74, 6) is -0.935. The molecule has 2 rings (SSSR count). The van der Waals surface area contributed by atoms with Crippen LogP contribution in [0, 0.1) is 5.92 Å². The number of sulfonamides is 1. The predicted octanol–water partition coefficient (Wildman–Crippen LogP) is 1.13. The Bertz CT molecular complexity index is 824. The topological polar surface area (TPSA) is 109 Å². The zero-order valence-electron chi connectivity index (χ0n) is 11.8. The van der Waals surface area contributed by atoms with Gasteiger partial charge in [-0.25, -0.2) is 16.8 Å². The van der Waals surface area contributed by atoms with Crippen molar-refractivity contribution in [3.05, 3.63) is 28.2 Å². The molecule has 0 spiro atoms. The van der Waals surface area contributed by atoms with Gasteiger partial charge in [0.15, 0.2) is 9.84 Å². The number of sulfone groups is 1. The van der Waals surface area contributed by atoms with Crippen LogP contribution < -0.4 is 10.3 Å².